The smallest absolute Gasteiger partial charge is 0.260 e. The van der Waals surface area contributed by atoms with Crippen molar-refractivity contribution < 1.29 is 8.78 Å². The number of hydrogen-bond acceptors (Lipinski definition) is 8. The summed E-state index contributed by atoms with van der Waals surface area (Å²) >= 11 is 0. The van der Waals surface area contributed by atoms with Crippen molar-refractivity contribution in [3.8, 4) is 11.3 Å². The number of pyridine rings is 1. The van der Waals surface area contributed by atoms with Crippen molar-refractivity contribution in [2.45, 2.75) is 46.0 Å². The van der Waals surface area contributed by atoms with Crippen LogP contribution in [-0.4, -0.2) is 64.6 Å². The van der Waals surface area contributed by atoms with Gasteiger partial charge in [0.15, 0.2) is 5.82 Å². The van der Waals surface area contributed by atoms with Crippen LogP contribution in [0.5, 0.6) is 0 Å². The highest BCUT2D eigenvalue weighted by molar-refractivity contribution is 5.87. The number of nitrogens with two attached hydrogens (primary N) is 1. The fourth-order valence-corrected chi connectivity index (χ4v) is 3.50. The summed E-state index contributed by atoms with van der Waals surface area (Å²) in [5.41, 5.74) is 9.84. The van der Waals surface area contributed by atoms with Crippen LogP contribution in [0, 0.1) is 6.92 Å². The Morgan fingerprint density at radius 3 is 2.44 bits per heavy atom. The Balaban J connectivity index is 0.000000283. The van der Waals surface area contributed by atoms with Crippen LogP contribution >= 0.6 is 0 Å². The van der Waals surface area contributed by atoms with Crippen molar-refractivity contribution in [3.63, 3.8) is 0 Å². The molecule has 0 unspecified atom stereocenters. The highest BCUT2D eigenvalue weighted by Crippen LogP contribution is 2.30. The van der Waals surface area contributed by atoms with Gasteiger partial charge in [0.05, 0.1) is 17.9 Å². The van der Waals surface area contributed by atoms with Crippen LogP contribution < -0.4 is 11.1 Å². The molecule has 34 heavy (non-hydrogen) atoms. The molecule has 9 nitrogen and oxygen atoms in total. The summed E-state index contributed by atoms with van der Waals surface area (Å²) in [6.45, 7) is 6.90. The lowest BCUT2D eigenvalue weighted by molar-refractivity contribution is -0.0571. The number of piperidine rings is 1. The molecule has 0 amide bonds. The number of nitrogens with zero attached hydrogens (tertiary/aromatic N) is 7. The van der Waals surface area contributed by atoms with Crippen LogP contribution in [0.2, 0.25) is 0 Å². The topological polar surface area (TPSA) is 109 Å². The maximum Gasteiger partial charge on any atom is 0.260 e. The Hall–Kier alpha value is -3.21. The molecule has 1 fully saturated rings. The van der Waals surface area contributed by atoms with Gasteiger partial charge in [-0.1, -0.05) is 20.3 Å². The molecule has 1 saturated heterocycles. The second kappa shape index (κ2) is 12.3. The Morgan fingerprint density at radius 1 is 1.21 bits per heavy atom. The van der Waals surface area contributed by atoms with Crippen molar-refractivity contribution in [1.29, 1.82) is 0 Å². The standard InChI is InChI=1S/C14H16N8.C6H11F2N.C3H8/c1-8-10(20-17-3)4-5-11(18-8)9-6-7-22-12(9)13(16-2)19-14(15)21-22;1-9-4-2-3-6(7,8)5-9;1-3-2/h4-7H,1-3H3,(H3,15,16,19,21);2-5H2,1H3;3H2,1-2H3. The van der Waals surface area contributed by atoms with E-state index in [0.717, 1.165) is 34.7 Å². The molecule has 0 atom stereocenters. The highest BCUT2D eigenvalue weighted by atomic mass is 19.3. The molecular weight excluding hydrogens is 440 g/mol. The highest BCUT2D eigenvalue weighted by Gasteiger charge is 2.33. The number of nitrogen functional groups attached to an aromatic ring is 1. The first-order valence-electron chi connectivity index (χ1n) is 11.3. The van der Waals surface area contributed by atoms with E-state index in [-0.39, 0.29) is 18.9 Å². The van der Waals surface area contributed by atoms with Crippen molar-refractivity contribution in [2.24, 2.45) is 10.2 Å². The third kappa shape index (κ3) is 7.14. The van der Waals surface area contributed by atoms with Gasteiger partial charge in [-0.3, -0.25) is 4.98 Å². The van der Waals surface area contributed by atoms with Gasteiger partial charge in [0, 0.05) is 32.3 Å². The predicted octanol–water partition coefficient (Wildman–Crippen LogP) is 5.20. The Kier molecular flexibility index (Phi) is 9.79. The number of azo groups is 1. The first-order valence-corrected chi connectivity index (χ1v) is 11.3. The molecule has 0 saturated carbocycles. The van der Waals surface area contributed by atoms with Crippen LogP contribution in [0.15, 0.2) is 34.6 Å². The summed E-state index contributed by atoms with van der Waals surface area (Å²) in [4.78, 5) is 10.5. The number of aromatic nitrogens is 4. The largest absolute Gasteiger partial charge is 0.371 e. The van der Waals surface area contributed by atoms with Gasteiger partial charge in [0.2, 0.25) is 5.95 Å². The summed E-state index contributed by atoms with van der Waals surface area (Å²) in [6, 6.07) is 5.74. The molecule has 3 aromatic rings. The number of alkyl halides is 2. The first-order chi connectivity index (χ1) is 16.1. The van der Waals surface area contributed by atoms with Crippen molar-refractivity contribution >= 4 is 23.0 Å². The van der Waals surface area contributed by atoms with Gasteiger partial charge < -0.3 is 16.0 Å². The number of rotatable bonds is 3. The summed E-state index contributed by atoms with van der Waals surface area (Å²) in [5, 5.41) is 15.0. The lowest BCUT2D eigenvalue weighted by Gasteiger charge is -2.28. The lowest BCUT2D eigenvalue weighted by atomic mass is 10.1. The van der Waals surface area contributed by atoms with E-state index in [1.165, 1.54) is 6.42 Å². The van der Waals surface area contributed by atoms with Crippen molar-refractivity contribution in [2.75, 3.05) is 45.3 Å². The summed E-state index contributed by atoms with van der Waals surface area (Å²) in [7, 11) is 5.16. The molecule has 0 aromatic carbocycles. The maximum atomic E-state index is 12.4. The molecule has 0 aliphatic carbocycles. The number of likely N-dealkylation sites (tertiary alicyclic amines) is 1. The van der Waals surface area contributed by atoms with E-state index < -0.39 is 5.92 Å². The third-order valence-electron chi connectivity index (χ3n) is 4.89. The van der Waals surface area contributed by atoms with E-state index >= 15 is 0 Å². The SMILES string of the molecule is CCC.CN1CCCC(F)(F)C1.CN=Nc1ccc(-c2ccn3nc(N)nc(NC)c23)nc1C. The minimum atomic E-state index is -2.42. The first kappa shape index (κ1) is 27.0. The molecule has 0 radical (unpaired) electrons. The van der Waals surface area contributed by atoms with E-state index in [9.17, 15) is 8.78 Å². The van der Waals surface area contributed by atoms with E-state index in [1.807, 2.05) is 31.3 Å². The summed E-state index contributed by atoms with van der Waals surface area (Å²) in [6.07, 6.45) is 3.78. The zero-order valence-electron chi connectivity index (χ0n) is 20.8. The molecule has 4 heterocycles. The average molecular weight is 476 g/mol. The minimum absolute atomic E-state index is 0.0625. The van der Waals surface area contributed by atoms with Gasteiger partial charge in [-0.2, -0.15) is 15.2 Å². The second-order valence-electron chi connectivity index (χ2n) is 8.10. The van der Waals surface area contributed by atoms with Crippen LogP contribution in [0.1, 0.15) is 38.8 Å². The van der Waals surface area contributed by atoms with Crippen LogP contribution in [-0.2, 0) is 0 Å². The number of halogens is 2. The van der Waals surface area contributed by atoms with Crippen LogP contribution in [0.3, 0.4) is 0 Å². The van der Waals surface area contributed by atoms with Gasteiger partial charge in [-0.25, -0.2) is 13.3 Å². The molecule has 11 heteroatoms. The quantitative estimate of drug-likeness (QED) is 0.504. The predicted molar refractivity (Wildman–Crippen MR) is 133 cm³/mol. The lowest BCUT2D eigenvalue weighted by Crippen LogP contribution is -2.39. The summed E-state index contributed by atoms with van der Waals surface area (Å²) in [5.74, 6) is -1.56. The van der Waals surface area contributed by atoms with E-state index in [1.54, 1.807) is 30.6 Å². The molecule has 1 aliphatic rings. The Morgan fingerprint density at radius 2 is 1.91 bits per heavy atom. The molecule has 186 valence electrons. The monoisotopic (exact) mass is 475 g/mol. The number of hydrogen-bond donors (Lipinski definition) is 2. The van der Waals surface area contributed by atoms with E-state index in [4.69, 9.17) is 5.73 Å². The van der Waals surface area contributed by atoms with Gasteiger partial charge in [0.25, 0.3) is 5.92 Å². The summed E-state index contributed by atoms with van der Waals surface area (Å²) < 4.78 is 26.5. The maximum absolute atomic E-state index is 12.4. The fourth-order valence-electron chi connectivity index (χ4n) is 3.50. The normalized spacial score (nSPS) is 15.4. The van der Waals surface area contributed by atoms with Crippen LogP contribution in [0.4, 0.5) is 26.2 Å². The van der Waals surface area contributed by atoms with Crippen molar-refractivity contribution in [1.82, 2.24) is 24.5 Å². The Labute approximate surface area is 199 Å². The zero-order chi connectivity index (χ0) is 25.3. The number of nitrogens with one attached hydrogen (secondary N) is 1. The Bertz CT molecular complexity index is 1100. The molecule has 0 bridgehead atoms. The molecule has 1 aliphatic heterocycles. The van der Waals surface area contributed by atoms with Gasteiger partial charge >= 0.3 is 0 Å². The number of aryl methyl sites for hydroxylation is 1. The number of anilines is 2. The van der Waals surface area contributed by atoms with E-state index in [0.29, 0.717) is 12.2 Å². The molecular formula is C23H35F2N9. The fraction of sp³-hybridized carbons (Fsp3) is 0.522. The number of fused-ring (bicyclic) bond motifs is 1. The third-order valence-corrected chi connectivity index (χ3v) is 4.89. The van der Waals surface area contributed by atoms with E-state index in [2.05, 4.69) is 44.5 Å². The molecule has 3 aromatic heterocycles. The second-order valence-corrected chi connectivity index (χ2v) is 8.10. The average Bonchev–Trinajstić information content (AvgIpc) is 3.18. The van der Waals surface area contributed by atoms with Gasteiger partial charge in [-0.05, 0) is 45.1 Å². The van der Waals surface area contributed by atoms with Crippen molar-refractivity contribution in [3.05, 3.63) is 30.1 Å². The van der Waals surface area contributed by atoms with Gasteiger partial charge in [-0.15, -0.1) is 5.10 Å². The minimum Gasteiger partial charge on any atom is -0.371 e. The molecule has 4 rings (SSSR count). The van der Waals surface area contributed by atoms with Crippen LogP contribution in [0.25, 0.3) is 16.8 Å². The van der Waals surface area contributed by atoms with Gasteiger partial charge in [0.1, 0.15) is 11.2 Å². The molecule has 3 N–H and O–H groups in total. The zero-order valence-corrected chi connectivity index (χ0v) is 20.8. The molecule has 0 spiro atoms.